The fraction of sp³-hybridized carbons (Fsp3) is 0.692. The summed E-state index contributed by atoms with van der Waals surface area (Å²) in [4.78, 5) is 8.13. The maximum atomic E-state index is 12.2. The number of sulfonamides is 1. The summed E-state index contributed by atoms with van der Waals surface area (Å²) in [6, 6.07) is 0. The Kier molecular flexibility index (Phi) is 3.41. The summed E-state index contributed by atoms with van der Waals surface area (Å²) in [6.07, 6.45) is 7.50. The molecule has 2 aliphatic carbocycles. The summed E-state index contributed by atoms with van der Waals surface area (Å²) in [7, 11) is -3.49. The second kappa shape index (κ2) is 4.96. The van der Waals surface area contributed by atoms with Gasteiger partial charge in [-0.3, -0.25) is 0 Å². The summed E-state index contributed by atoms with van der Waals surface area (Å²) >= 11 is 0. The van der Waals surface area contributed by atoms with Crippen LogP contribution in [-0.4, -0.2) is 31.5 Å². The minimum atomic E-state index is -3.49. The molecule has 0 radical (unpaired) electrons. The maximum Gasteiger partial charge on any atom is 0.243 e. The van der Waals surface area contributed by atoms with Crippen molar-refractivity contribution < 1.29 is 8.42 Å². The number of anilines is 1. The predicted molar refractivity (Wildman–Crippen MR) is 75.8 cm³/mol. The van der Waals surface area contributed by atoms with E-state index >= 15 is 0 Å². The van der Waals surface area contributed by atoms with Gasteiger partial charge < -0.3 is 5.32 Å². The molecule has 0 bridgehead atoms. The van der Waals surface area contributed by atoms with E-state index in [0.717, 1.165) is 18.8 Å². The molecule has 7 heteroatoms. The minimum absolute atomic E-state index is 0.130. The van der Waals surface area contributed by atoms with Crippen LogP contribution in [0.4, 0.5) is 5.95 Å². The largest absolute Gasteiger partial charge is 0.355 e. The lowest BCUT2D eigenvalue weighted by molar-refractivity contribution is 0.432. The number of rotatable bonds is 7. The minimum Gasteiger partial charge on any atom is -0.355 e. The second-order valence-electron chi connectivity index (χ2n) is 5.73. The van der Waals surface area contributed by atoms with Gasteiger partial charge in [-0.1, -0.05) is 0 Å². The molecule has 20 heavy (non-hydrogen) atoms. The highest BCUT2D eigenvalue weighted by Crippen LogP contribution is 2.60. The van der Waals surface area contributed by atoms with Crippen LogP contribution < -0.4 is 10.0 Å². The molecule has 0 unspecified atom stereocenters. The van der Waals surface area contributed by atoms with E-state index in [1.165, 1.54) is 25.2 Å². The summed E-state index contributed by atoms with van der Waals surface area (Å²) < 4.78 is 27.1. The molecule has 1 aromatic rings. The van der Waals surface area contributed by atoms with Gasteiger partial charge in [0.25, 0.3) is 0 Å². The average Bonchev–Trinajstić information content (AvgIpc) is 3.29. The molecule has 2 N–H and O–H groups in total. The third kappa shape index (κ3) is 2.78. The van der Waals surface area contributed by atoms with E-state index < -0.39 is 10.0 Å². The molecule has 0 spiro atoms. The molecule has 2 fully saturated rings. The zero-order chi connectivity index (χ0) is 14.2. The van der Waals surface area contributed by atoms with Crippen LogP contribution in [0, 0.1) is 11.3 Å². The van der Waals surface area contributed by atoms with Crippen LogP contribution in [0.2, 0.25) is 0 Å². The number of nitrogens with one attached hydrogen (secondary N) is 2. The van der Waals surface area contributed by atoms with Crippen molar-refractivity contribution in [2.75, 3.05) is 18.4 Å². The Labute approximate surface area is 119 Å². The van der Waals surface area contributed by atoms with Crippen LogP contribution in [0.5, 0.6) is 0 Å². The quantitative estimate of drug-likeness (QED) is 0.794. The van der Waals surface area contributed by atoms with E-state index in [4.69, 9.17) is 0 Å². The first-order valence-corrected chi connectivity index (χ1v) is 8.60. The lowest BCUT2D eigenvalue weighted by Crippen LogP contribution is -2.31. The van der Waals surface area contributed by atoms with Crippen molar-refractivity contribution in [2.24, 2.45) is 11.3 Å². The lowest BCUT2D eigenvalue weighted by atomic mass is 10.0. The Balaban J connectivity index is 1.65. The van der Waals surface area contributed by atoms with E-state index in [9.17, 15) is 8.42 Å². The van der Waals surface area contributed by atoms with Gasteiger partial charge >= 0.3 is 0 Å². The van der Waals surface area contributed by atoms with Crippen LogP contribution in [0.15, 0.2) is 17.3 Å². The standard InChI is InChI=1S/C13H20N4O2S/c1-2-14-12-15-7-11(8-16-12)20(18,19)17-9-13(5-6-13)10-3-4-10/h7-8,10,17H,2-6,9H2,1H3,(H,14,15,16). The van der Waals surface area contributed by atoms with Gasteiger partial charge in [0.2, 0.25) is 16.0 Å². The molecule has 3 rings (SSSR count). The Morgan fingerprint density at radius 1 is 1.30 bits per heavy atom. The smallest absolute Gasteiger partial charge is 0.243 e. The van der Waals surface area contributed by atoms with Gasteiger partial charge in [0.05, 0.1) is 12.4 Å². The summed E-state index contributed by atoms with van der Waals surface area (Å²) in [5, 5.41) is 2.94. The van der Waals surface area contributed by atoms with Crippen molar-refractivity contribution in [3.05, 3.63) is 12.4 Å². The Hall–Kier alpha value is -1.21. The number of hydrogen-bond donors (Lipinski definition) is 2. The SMILES string of the molecule is CCNc1ncc(S(=O)(=O)NCC2(C3CC3)CC2)cn1. The van der Waals surface area contributed by atoms with Crippen molar-refractivity contribution >= 4 is 16.0 Å². The molecule has 0 atom stereocenters. The summed E-state index contributed by atoms with van der Waals surface area (Å²) in [6.45, 7) is 3.19. The number of hydrogen-bond acceptors (Lipinski definition) is 5. The first-order chi connectivity index (χ1) is 9.56. The van der Waals surface area contributed by atoms with Crippen LogP contribution in [0.25, 0.3) is 0 Å². The van der Waals surface area contributed by atoms with E-state index in [1.807, 2.05) is 6.92 Å². The highest BCUT2D eigenvalue weighted by atomic mass is 32.2. The molecule has 0 aliphatic heterocycles. The zero-order valence-corrected chi connectivity index (χ0v) is 12.4. The third-order valence-corrected chi connectivity index (χ3v) is 5.58. The van der Waals surface area contributed by atoms with E-state index in [0.29, 0.717) is 19.0 Å². The Bertz CT molecular complexity index is 577. The van der Waals surface area contributed by atoms with E-state index in [-0.39, 0.29) is 10.3 Å². The van der Waals surface area contributed by atoms with Gasteiger partial charge in [-0.2, -0.15) is 0 Å². The van der Waals surface area contributed by atoms with Crippen LogP contribution in [-0.2, 0) is 10.0 Å². The van der Waals surface area contributed by atoms with Gasteiger partial charge in [0, 0.05) is 13.1 Å². The molecule has 1 aromatic heterocycles. The fourth-order valence-corrected chi connectivity index (χ4v) is 3.64. The Morgan fingerprint density at radius 3 is 2.45 bits per heavy atom. The van der Waals surface area contributed by atoms with Gasteiger partial charge in [-0.25, -0.2) is 23.1 Å². The molecule has 0 saturated heterocycles. The van der Waals surface area contributed by atoms with Gasteiger partial charge in [0.15, 0.2) is 0 Å². The van der Waals surface area contributed by atoms with Crippen LogP contribution >= 0.6 is 0 Å². The summed E-state index contributed by atoms with van der Waals surface area (Å²) in [5.74, 6) is 1.18. The van der Waals surface area contributed by atoms with Crippen molar-refractivity contribution in [1.29, 1.82) is 0 Å². The van der Waals surface area contributed by atoms with Gasteiger partial charge in [-0.15, -0.1) is 0 Å². The highest BCUT2D eigenvalue weighted by Gasteiger charge is 2.53. The molecule has 2 aliphatic rings. The first-order valence-electron chi connectivity index (χ1n) is 7.11. The molecule has 1 heterocycles. The average molecular weight is 296 g/mol. The van der Waals surface area contributed by atoms with Crippen LogP contribution in [0.1, 0.15) is 32.6 Å². The molecule has 2 saturated carbocycles. The van der Waals surface area contributed by atoms with Crippen molar-refractivity contribution in [3.8, 4) is 0 Å². The number of aromatic nitrogens is 2. The lowest BCUT2D eigenvalue weighted by Gasteiger charge is -2.15. The van der Waals surface area contributed by atoms with E-state index in [1.54, 1.807) is 0 Å². The molecule has 6 nitrogen and oxygen atoms in total. The maximum absolute atomic E-state index is 12.2. The molecular formula is C13H20N4O2S. The number of nitrogens with zero attached hydrogens (tertiary/aromatic N) is 2. The van der Waals surface area contributed by atoms with Crippen molar-refractivity contribution in [3.63, 3.8) is 0 Å². The zero-order valence-electron chi connectivity index (χ0n) is 11.6. The molecule has 110 valence electrons. The molecule has 0 aromatic carbocycles. The van der Waals surface area contributed by atoms with Crippen LogP contribution in [0.3, 0.4) is 0 Å². The molecular weight excluding hydrogens is 276 g/mol. The predicted octanol–water partition coefficient (Wildman–Crippen LogP) is 1.38. The van der Waals surface area contributed by atoms with E-state index in [2.05, 4.69) is 20.0 Å². The Morgan fingerprint density at radius 2 is 1.95 bits per heavy atom. The van der Waals surface area contributed by atoms with Gasteiger partial charge in [0.1, 0.15) is 4.90 Å². The first kappa shape index (κ1) is 13.8. The van der Waals surface area contributed by atoms with Crippen molar-refractivity contribution in [1.82, 2.24) is 14.7 Å². The normalized spacial score (nSPS) is 20.6. The monoisotopic (exact) mass is 296 g/mol. The van der Waals surface area contributed by atoms with Gasteiger partial charge in [-0.05, 0) is 43.9 Å². The summed E-state index contributed by atoms with van der Waals surface area (Å²) in [5.41, 5.74) is 0.248. The third-order valence-electron chi connectivity index (χ3n) is 4.22. The highest BCUT2D eigenvalue weighted by molar-refractivity contribution is 7.89. The molecule has 0 amide bonds. The topological polar surface area (TPSA) is 84.0 Å². The van der Waals surface area contributed by atoms with Crippen molar-refractivity contribution in [2.45, 2.75) is 37.5 Å². The fourth-order valence-electron chi connectivity index (χ4n) is 2.61. The second-order valence-corrected chi connectivity index (χ2v) is 7.50.